The Morgan fingerprint density at radius 2 is 0.450 bits per heavy atom. The SMILES string of the molecule is CCCCCCC/C=C\C/C=C\CCCCCCCCCCCCCCCC(=O)OCC(COC(=O)CCCCCCCCCCCCCCCCCCCC)OC(=O)CCCCCCCCCCCCCCCCCCCCC. The Kier molecular flexibility index (Phi) is 67.6. The second-order valence-electron chi connectivity index (χ2n) is 24.9. The van der Waals surface area contributed by atoms with Crippen molar-refractivity contribution in [2.75, 3.05) is 13.2 Å². The largest absolute Gasteiger partial charge is 0.462 e. The van der Waals surface area contributed by atoms with Gasteiger partial charge < -0.3 is 14.2 Å². The van der Waals surface area contributed by atoms with Gasteiger partial charge in [-0.2, -0.15) is 0 Å². The number of hydrogen-bond acceptors (Lipinski definition) is 6. The summed E-state index contributed by atoms with van der Waals surface area (Å²) >= 11 is 0. The molecule has 1 atom stereocenters. The van der Waals surface area contributed by atoms with Crippen molar-refractivity contribution in [3.63, 3.8) is 0 Å². The molecule has 0 amide bonds. The van der Waals surface area contributed by atoms with E-state index in [2.05, 4.69) is 45.1 Å². The van der Waals surface area contributed by atoms with Crippen LogP contribution in [0.5, 0.6) is 0 Å². The molecule has 0 aliphatic carbocycles. The smallest absolute Gasteiger partial charge is 0.306 e. The predicted octanol–water partition coefficient (Wildman–Crippen LogP) is 25.0. The standard InChI is InChI=1S/C74H140O6/c1-4-7-10-13-16-19-22-25-28-31-34-35-36-37-38-39-41-43-46-49-52-55-58-61-64-67-73(76)79-70-71(69-78-72(75)66-63-60-57-54-51-48-45-42-33-30-27-24-21-18-15-12-9-6-3)80-74(77)68-65-62-59-56-53-50-47-44-40-32-29-26-23-20-17-14-11-8-5-2/h22,25,31,34,71H,4-21,23-24,26-30,32-33,35-70H2,1-3H3/b25-22-,34-31-. The van der Waals surface area contributed by atoms with E-state index in [4.69, 9.17) is 14.2 Å². The number of allylic oxidation sites excluding steroid dienone is 4. The molecule has 0 fully saturated rings. The highest BCUT2D eigenvalue weighted by Gasteiger charge is 2.19. The van der Waals surface area contributed by atoms with Crippen molar-refractivity contribution >= 4 is 17.9 Å². The maximum absolute atomic E-state index is 13.0. The zero-order valence-corrected chi connectivity index (χ0v) is 54.4. The molecule has 0 heterocycles. The zero-order valence-electron chi connectivity index (χ0n) is 54.4. The summed E-state index contributed by atoms with van der Waals surface area (Å²) in [4.78, 5) is 38.5. The summed E-state index contributed by atoms with van der Waals surface area (Å²) in [7, 11) is 0. The molecule has 6 nitrogen and oxygen atoms in total. The number of esters is 3. The van der Waals surface area contributed by atoms with E-state index in [1.807, 2.05) is 0 Å². The van der Waals surface area contributed by atoms with Gasteiger partial charge in [0, 0.05) is 19.3 Å². The highest BCUT2D eigenvalue weighted by atomic mass is 16.6. The van der Waals surface area contributed by atoms with Gasteiger partial charge >= 0.3 is 17.9 Å². The van der Waals surface area contributed by atoms with Crippen molar-refractivity contribution in [1.82, 2.24) is 0 Å². The van der Waals surface area contributed by atoms with Gasteiger partial charge in [-0.25, -0.2) is 0 Å². The molecular formula is C74H140O6. The zero-order chi connectivity index (χ0) is 57.8. The molecule has 0 aliphatic heterocycles. The van der Waals surface area contributed by atoms with Crippen LogP contribution in [0.4, 0.5) is 0 Å². The summed E-state index contributed by atoms with van der Waals surface area (Å²) in [5.74, 6) is -0.827. The average molecular weight is 1130 g/mol. The maximum Gasteiger partial charge on any atom is 0.306 e. The van der Waals surface area contributed by atoms with Crippen molar-refractivity contribution in [1.29, 1.82) is 0 Å². The highest BCUT2D eigenvalue weighted by molar-refractivity contribution is 5.71. The minimum Gasteiger partial charge on any atom is -0.462 e. The second-order valence-corrected chi connectivity index (χ2v) is 24.9. The van der Waals surface area contributed by atoms with Crippen molar-refractivity contribution < 1.29 is 28.6 Å². The minimum atomic E-state index is -0.768. The number of rotatable bonds is 68. The molecule has 0 aromatic heterocycles. The van der Waals surface area contributed by atoms with Gasteiger partial charge in [0.05, 0.1) is 0 Å². The summed E-state index contributed by atoms with van der Waals surface area (Å²) < 4.78 is 17.0. The van der Waals surface area contributed by atoms with Crippen molar-refractivity contribution in [2.45, 2.75) is 419 Å². The summed E-state index contributed by atoms with van der Waals surface area (Å²) in [5.41, 5.74) is 0. The van der Waals surface area contributed by atoms with Crippen LogP contribution in [0.2, 0.25) is 0 Å². The number of ether oxygens (including phenoxy) is 3. The van der Waals surface area contributed by atoms with Gasteiger partial charge in [-0.1, -0.05) is 366 Å². The van der Waals surface area contributed by atoms with E-state index >= 15 is 0 Å². The summed E-state index contributed by atoms with van der Waals surface area (Å²) in [6, 6.07) is 0. The molecule has 0 rings (SSSR count). The Balaban J connectivity index is 4.27. The van der Waals surface area contributed by atoms with Crippen LogP contribution >= 0.6 is 0 Å². The molecule has 80 heavy (non-hydrogen) atoms. The molecule has 6 heteroatoms. The number of hydrogen-bond donors (Lipinski definition) is 0. The molecule has 0 saturated carbocycles. The van der Waals surface area contributed by atoms with Gasteiger partial charge in [0.25, 0.3) is 0 Å². The Hall–Kier alpha value is -2.11. The van der Waals surface area contributed by atoms with E-state index in [1.165, 1.54) is 308 Å². The molecule has 0 spiro atoms. The van der Waals surface area contributed by atoms with E-state index in [0.717, 1.165) is 64.2 Å². The molecule has 0 radical (unpaired) electrons. The van der Waals surface area contributed by atoms with Gasteiger partial charge in [-0.15, -0.1) is 0 Å². The van der Waals surface area contributed by atoms with Gasteiger partial charge in [0.1, 0.15) is 13.2 Å². The number of unbranched alkanes of at least 4 members (excludes halogenated alkanes) is 53. The molecule has 0 aliphatic rings. The van der Waals surface area contributed by atoms with Crippen LogP contribution in [0.15, 0.2) is 24.3 Å². The lowest BCUT2D eigenvalue weighted by Crippen LogP contribution is -2.30. The van der Waals surface area contributed by atoms with Crippen LogP contribution in [-0.2, 0) is 28.6 Å². The molecule has 0 aromatic carbocycles. The van der Waals surface area contributed by atoms with Crippen LogP contribution in [0.25, 0.3) is 0 Å². The van der Waals surface area contributed by atoms with E-state index in [0.29, 0.717) is 19.3 Å². The molecule has 0 bridgehead atoms. The molecule has 0 N–H and O–H groups in total. The average Bonchev–Trinajstić information content (AvgIpc) is 3.46. The van der Waals surface area contributed by atoms with Gasteiger partial charge in [-0.05, 0) is 51.4 Å². The normalized spacial score (nSPS) is 12.1. The fraction of sp³-hybridized carbons (Fsp3) is 0.905. The number of carbonyl (C=O) groups is 3. The summed E-state index contributed by atoms with van der Waals surface area (Å²) in [6.45, 7) is 6.73. The fourth-order valence-electron chi connectivity index (χ4n) is 11.2. The van der Waals surface area contributed by atoms with Crippen LogP contribution in [0, 0.1) is 0 Å². The van der Waals surface area contributed by atoms with E-state index in [-0.39, 0.29) is 31.1 Å². The van der Waals surface area contributed by atoms with E-state index in [1.54, 1.807) is 0 Å². The monoisotopic (exact) mass is 1130 g/mol. The van der Waals surface area contributed by atoms with E-state index in [9.17, 15) is 14.4 Å². The Labute approximate surface area is 500 Å². The van der Waals surface area contributed by atoms with E-state index < -0.39 is 6.10 Å². The lowest BCUT2D eigenvalue weighted by molar-refractivity contribution is -0.167. The maximum atomic E-state index is 13.0. The van der Waals surface area contributed by atoms with Crippen molar-refractivity contribution in [2.24, 2.45) is 0 Å². The Morgan fingerprint density at radius 1 is 0.250 bits per heavy atom. The first-order valence-electron chi connectivity index (χ1n) is 36.3. The second kappa shape index (κ2) is 69.4. The molecule has 0 aromatic rings. The summed E-state index contributed by atoms with van der Waals surface area (Å²) in [6.07, 6.45) is 84.9. The van der Waals surface area contributed by atoms with Crippen LogP contribution in [0.3, 0.4) is 0 Å². The van der Waals surface area contributed by atoms with Gasteiger partial charge in [0.15, 0.2) is 6.10 Å². The molecular weight excluding hydrogens is 985 g/mol. The van der Waals surface area contributed by atoms with Crippen LogP contribution < -0.4 is 0 Å². The Morgan fingerprint density at radius 3 is 0.688 bits per heavy atom. The third kappa shape index (κ3) is 66.7. The highest BCUT2D eigenvalue weighted by Crippen LogP contribution is 2.19. The van der Waals surface area contributed by atoms with Gasteiger partial charge in [0.2, 0.25) is 0 Å². The van der Waals surface area contributed by atoms with Crippen LogP contribution in [0.1, 0.15) is 412 Å². The van der Waals surface area contributed by atoms with Crippen molar-refractivity contribution in [3.05, 3.63) is 24.3 Å². The quantitative estimate of drug-likeness (QED) is 0.0261. The first-order chi connectivity index (χ1) is 39.5. The lowest BCUT2D eigenvalue weighted by Gasteiger charge is -2.18. The summed E-state index contributed by atoms with van der Waals surface area (Å²) in [5, 5.41) is 0. The molecule has 1 unspecified atom stereocenters. The molecule has 0 saturated heterocycles. The third-order valence-electron chi connectivity index (χ3n) is 16.7. The number of carbonyl (C=O) groups excluding carboxylic acids is 3. The fourth-order valence-corrected chi connectivity index (χ4v) is 11.2. The van der Waals surface area contributed by atoms with Crippen LogP contribution in [-0.4, -0.2) is 37.2 Å². The Bertz CT molecular complexity index is 1290. The molecule has 472 valence electrons. The first-order valence-corrected chi connectivity index (χ1v) is 36.3. The lowest BCUT2D eigenvalue weighted by atomic mass is 10.0. The van der Waals surface area contributed by atoms with Crippen molar-refractivity contribution in [3.8, 4) is 0 Å². The predicted molar refractivity (Wildman–Crippen MR) is 349 cm³/mol. The van der Waals surface area contributed by atoms with Gasteiger partial charge in [-0.3, -0.25) is 14.4 Å². The minimum absolute atomic E-state index is 0.0638. The first kappa shape index (κ1) is 77.9. The topological polar surface area (TPSA) is 78.9 Å². The third-order valence-corrected chi connectivity index (χ3v) is 16.7.